The molecule has 3 aromatic rings. The minimum absolute atomic E-state index is 0.137. The van der Waals surface area contributed by atoms with Gasteiger partial charge in [-0.05, 0) is 42.5 Å². The van der Waals surface area contributed by atoms with Gasteiger partial charge in [0, 0.05) is 25.2 Å². The first-order valence-corrected chi connectivity index (χ1v) is 9.96. The summed E-state index contributed by atoms with van der Waals surface area (Å²) in [6, 6.07) is 16.8. The van der Waals surface area contributed by atoms with Crippen molar-refractivity contribution in [2.45, 2.75) is 6.54 Å². The van der Waals surface area contributed by atoms with Crippen molar-refractivity contribution in [3.63, 3.8) is 0 Å². The average molecular weight is 417 g/mol. The van der Waals surface area contributed by atoms with Crippen LogP contribution in [0.15, 0.2) is 67.3 Å². The van der Waals surface area contributed by atoms with Crippen LogP contribution in [0.3, 0.4) is 0 Å². The molecule has 1 aromatic heterocycles. The molecular formula is C23H23N5O3. The van der Waals surface area contributed by atoms with Gasteiger partial charge in [-0.2, -0.15) is 5.10 Å². The van der Waals surface area contributed by atoms with Crippen LogP contribution in [0.25, 0.3) is 11.3 Å². The van der Waals surface area contributed by atoms with Crippen LogP contribution in [-0.2, 0) is 11.3 Å². The minimum Gasteiger partial charge on any atom is -0.457 e. The SMILES string of the molecule is C=CC(=O)N1CCNc2c(C(N)=O)c(-c3ccc(Oc4ccccc4)cc3)nn2CC1. The molecule has 158 valence electrons. The average Bonchev–Trinajstić information content (AvgIpc) is 3.12. The lowest BCUT2D eigenvalue weighted by molar-refractivity contribution is -0.126. The maximum absolute atomic E-state index is 12.3. The van der Waals surface area contributed by atoms with Gasteiger partial charge in [-0.1, -0.05) is 24.8 Å². The smallest absolute Gasteiger partial charge is 0.254 e. The molecule has 8 heteroatoms. The number of primary amides is 1. The lowest BCUT2D eigenvalue weighted by Crippen LogP contribution is -2.38. The maximum atomic E-state index is 12.3. The van der Waals surface area contributed by atoms with Crippen molar-refractivity contribution < 1.29 is 14.3 Å². The van der Waals surface area contributed by atoms with Crippen molar-refractivity contribution in [2.24, 2.45) is 5.73 Å². The Bertz CT molecular complexity index is 1110. The third-order valence-electron chi connectivity index (χ3n) is 5.05. The van der Waals surface area contributed by atoms with E-state index in [4.69, 9.17) is 10.5 Å². The largest absolute Gasteiger partial charge is 0.457 e. The number of para-hydroxylation sites is 1. The first-order valence-electron chi connectivity index (χ1n) is 9.96. The Morgan fingerprint density at radius 1 is 1.03 bits per heavy atom. The highest BCUT2D eigenvalue weighted by Gasteiger charge is 2.25. The minimum atomic E-state index is -0.562. The first-order chi connectivity index (χ1) is 15.1. The third-order valence-corrected chi connectivity index (χ3v) is 5.05. The molecule has 1 aliphatic rings. The van der Waals surface area contributed by atoms with E-state index < -0.39 is 5.91 Å². The summed E-state index contributed by atoms with van der Waals surface area (Å²) < 4.78 is 7.52. The summed E-state index contributed by atoms with van der Waals surface area (Å²) in [7, 11) is 0. The molecule has 0 saturated carbocycles. The van der Waals surface area contributed by atoms with Gasteiger partial charge in [0.2, 0.25) is 5.91 Å². The van der Waals surface area contributed by atoms with Crippen molar-refractivity contribution in [1.29, 1.82) is 0 Å². The zero-order valence-corrected chi connectivity index (χ0v) is 17.0. The number of nitrogens with zero attached hydrogens (tertiary/aromatic N) is 3. The fourth-order valence-corrected chi connectivity index (χ4v) is 3.53. The lowest BCUT2D eigenvalue weighted by atomic mass is 10.1. The summed E-state index contributed by atoms with van der Waals surface area (Å²) in [6.07, 6.45) is 1.30. The van der Waals surface area contributed by atoms with E-state index in [-0.39, 0.29) is 5.91 Å². The van der Waals surface area contributed by atoms with Crippen molar-refractivity contribution in [3.05, 3.63) is 72.8 Å². The zero-order chi connectivity index (χ0) is 21.8. The van der Waals surface area contributed by atoms with Crippen molar-refractivity contribution in [1.82, 2.24) is 14.7 Å². The fourth-order valence-electron chi connectivity index (χ4n) is 3.53. The van der Waals surface area contributed by atoms with Crippen LogP contribution in [0.4, 0.5) is 5.82 Å². The van der Waals surface area contributed by atoms with E-state index in [1.54, 1.807) is 9.58 Å². The second kappa shape index (κ2) is 8.74. The van der Waals surface area contributed by atoms with Gasteiger partial charge in [0.25, 0.3) is 5.91 Å². The van der Waals surface area contributed by atoms with E-state index in [0.29, 0.717) is 49.0 Å². The Balaban J connectivity index is 1.63. The summed E-state index contributed by atoms with van der Waals surface area (Å²) in [6.45, 7) is 5.39. The Hall–Kier alpha value is -4.07. The summed E-state index contributed by atoms with van der Waals surface area (Å²) >= 11 is 0. The number of carbonyl (C=O) groups is 2. The first kappa shape index (κ1) is 20.2. The molecule has 0 fully saturated rings. The number of benzene rings is 2. The number of rotatable bonds is 5. The number of ether oxygens (including phenoxy) is 1. The topological polar surface area (TPSA) is 102 Å². The number of fused-ring (bicyclic) bond motifs is 1. The quantitative estimate of drug-likeness (QED) is 0.622. The Kier molecular flexibility index (Phi) is 5.70. The molecule has 2 aromatic carbocycles. The van der Waals surface area contributed by atoms with Crippen LogP contribution in [-0.4, -0.2) is 46.1 Å². The van der Waals surface area contributed by atoms with Gasteiger partial charge in [0.05, 0.1) is 6.54 Å². The number of hydrogen-bond donors (Lipinski definition) is 2. The molecule has 0 atom stereocenters. The standard InChI is InChI=1S/C23H23N5O3/c1-2-19(29)27-13-12-25-23-20(22(24)30)21(26-28(23)15-14-27)16-8-10-18(11-9-16)31-17-6-4-3-5-7-17/h2-11,25H,1,12-15H2,(H2,24,30). The van der Waals surface area contributed by atoms with Crippen molar-refractivity contribution >= 4 is 17.6 Å². The van der Waals surface area contributed by atoms with Gasteiger partial charge in [0.1, 0.15) is 28.6 Å². The van der Waals surface area contributed by atoms with E-state index >= 15 is 0 Å². The third kappa shape index (κ3) is 4.28. The molecule has 4 rings (SSSR count). The van der Waals surface area contributed by atoms with Gasteiger partial charge in [-0.3, -0.25) is 9.59 Å². The number of anilines is 1. The molecule has 3 N–H and O–H groups in total. The van der Waals surface area contributed by atoms with Gasteiger partial charge in [-0.25, -0.2) is 4.68 Å². The number of nitrogens with one attached hydrogen (secondary N) is 1. The number of amides is 2. The van der Waals surface area contributed by atoms with Crippen LogP contribution in [0.2, 0.25) is 0 Å². The highest BCUT2D eigenvalue weighted by molar-refractivity contribution is 6.03. The molecule has 0 bridgehead atoms. The number of hydrogen-bond acceptors (Lipinski definition) is 5. The highest BCUT2D eigenvalue weighted by Crippen LogP contribution is 2.31. The van der Waals surface area contributed by atoms with Crippen LogP contribution in [0, 0.1) is 0 Å². The Labute approximate surface area is 179 Å². The van der Waals surface area contributed by atoms with Gasteiger partial charge >= 0.3 is 0 Å². The van der Waals surface area contributed by atoms with Crippen LogP contribution >= 0.6 is 0 Å². The maximum Gasteiger partial charge on any atom is 0.254 e. The van der Waals surface area contributed by atoms with Crippen LogP contribution in [0.1, 0.15) is 10.4 Å². The summed E-state index contributed by atoms with van der Waals surface area (Å²) in [5, 5.41) is 7.83. The van der Waals surface area contributed by atoms with Gasteiger partial charge in [-0.15, -0.1) is 0 Å². The van der Waals surface area contributed by atoms with Crippen LogP contribution < -0.4 is 15.8 Å². The molecule has 0 aliphatic carbocycles. The van der Waals surface area contributed by atoms with Crippen LogP contribution in [0.5, 0.6) is 11.5 Å². The van der Waals surface area contributed by atoms with E-state index in [0.717, 1.165) is 11.3 Å². The zero-order valence-electron chi connectivity index (χ0n) is 17.0. The summed E-state index contributed by atoms with van der Waals surface area (Å²) in [5.41, 5.74) is 7.27. The second-order valence-corrected chi connectivity index (χ2v) is 7.06. The predicted molar refractivity (Wildman–Crippen MR) is 118 cm³/mol. The second-order valence-electron chi connectivity index (χ2n) is 7.06. The molecule has 0 saturated heterocycles. The normalized spacial score (nSPS) is 13.4. The molecule has 0 spiro atoms. The molecule has 31 heavy (non-hydrogen) atoms. The Morgan fingerprint density at radius 2 is 1.74 bits per heavy atom. The molecular weight excluding hydrogens is 394 g/mol. The van der Waals surface area contributed by atoms with E-state index in [9.17, 15) is 9.59 Å². The van der Waals surface area contributed by atoms with E-state index in [2.05, 4.69) is 17.0 Å². The molecule has 2 heterocycles. The van der Waals surface area contributed by atoms with Gasteiger partial charge < -0.3 is 20.7 Å². The number of carbonyl (C=O) groups excluding carboxylic acids is 2. The molecule has 0 unspecified atom stereocenters. The van der Waals surface area contributed by atoms with E-state index in [1.165, 1.54) is 6.08 Å². The monoisotopic (exact) mass is 417 g/mol. The molecule has 2 amide bonds. The summed E-state index contributed by atoms with van der Waals surface area (Å²) in [5.74, 6) is 1.28. The fraction of sp³-hybridized carbons (Fsp3) is 0.174. The van der Waals surface area contributed by atoms with E-state index in [1.807, 2.05) is 54.6 Å². The number of nitrogens with two attached hydrogens (primary N) is 1. The van der Waals surface area contributed by atoms with Crippen molar-refractivity contribution in [2.75, 3.05) is 25.0 Å². The molecule has 1 aliphatic heterocycles. The Morgan fingerprint density at radius 3 is 2.42 bits per heavy atom. The highest BCUT2D eigenvalue weighted by atomic mass is 16.5. The number of aromatic nitrogens is 2. The molecule has 8 nitrogen and oxygen atoms in total. The lowest BCUT2D eigenvalue weighted by Gasteiger charge is -2.25. The molecule has 0 radical (unpaired) electrons. The predicted octanol–water partition coefficient (Wildman–Crippen LogP) is 2.88. The van der Waals surface area contributed by atoms with Gasteiger partial charge in [0.15, 0.2) is 0 Å². The van der Waals surface area contributed by atoms with Crippen molar-refractivity contribution in [3.8, 4) is 22.8 Å². The summed E-state index contributed by atoms with van der Waals surface area (Å²) in [4.78, 5) is 25.9.